The van der Waals surface area contributed by atoms with Crippen LogP contribution in [0.1, 0.15) is 72.9 Å². The molecule has 4 amide bonds. The van der Waals surface area contributed by atoms with Crippen LogP contribution in [0.4, 0.5) is 16.2 Å². The Morgan fingerprint density at radius 2 is 1.70 bits per heavy atom. The first kappa shape index (κ1) is 40.7. The van der Waals surface area contributed by atoms with Crippen molar-refractivity contribution < 1.29 is 28.7 Å². The molecular formula is C46H47ClFN7O5. The van der Waals surface area contributed by atoms with Gasteiger partial charge in [-0.2, -0.15) is 4.98 Å². The van der Waals surface area contributed by atoms with Crippen molar-refractivity contribution in [1.29, 1.82) is 0 Å². The fraction of sp³-hybridized carbons (Fsp3) is 0.348. The molecule has 8 rings (SSSR count). The Labute approximate surface area is 352 Å². The number of phenolic OH excluding ortho intramolecular Hbond substituents is 1. The second-order valence-electron chi connectivity index (χ2n) is 15.7. The molecule has 3 N–H and O–H groups in total. The van der Waals surface area contributed by atoms with Crippen molar-refractivity contribution >= 4 is 68.7 Å². The Morgan fingerprint density at radius 1 is 0.933 bits per heavy atom. The first-order chi connectivity index (χ1) is 29.1. The number of fused-ring (bicyclic) bond motifs is 3. The maximum Gasteiger partial charge on any atom is 0.255 e. The van der Waals surface area contributed by atoms with Crippen LogP contribution < -0.4 is 15.5 Å². The fourth-order valence-corrected chi connectivity index (χ4v) is 9.04. The average molecular weight is 832 g/mol. The van der Waals surface area contributed by atoms with Gasteiger partial charge in [0.05, 0.1) is 5.02 Å². The molecule has 0 saturated carbocycles. The molecule has 3 aliphatic rings. The molecule has 5 aromatic rings. The van der Waals surface area contributed by atoms with Gasteiger partial charge in [0.15, 0.2) is 5.82 Å². The number of aromatic nitrogens is 2. The van der Waals surface area contributed by atoms with Crippen molar-refractivity contribution in [3.63, 3.8) is 0 Å². The van der Waals surface area contributed by atoms with Crippen LogP contribution in [0, 0.1) is 5.82 Å². The normalized spacial score (nSPS) is 16.7. The molecule has 1 unspecified atom stereocenters. The summed E-state index contributed by atoms with van der Waals surface area (Å²) in [5.74, 6) is -0.790. The average Bonchev–Trinajstić information content (AvgIpc) is 3.58. The molecule has 12 nitrogen and oxygen atoms in total. The van der Waals surface area contributed by atoms with Crippen molar-refractivity contribution in [3.8, 4) is 16.9 Å². The highest BCUT2D eigenvalue weighted by molar-refractivity contribution is 6.35. The van der Waals surface area contributed by atoms with Crippen molar-refractivity contribution in [1.82, 2.24) is 25.1 Å². The van der Waals surface area contributed by atoms with Crippen LogP contribution in [0.5, 0.6) is 5.75 Å². The van der Waals surface area contributed by atoms with E-state index in [1.165, 1.54) is 12.1 Å². The molecule has 14 heteroatoms. The number of piperazine rings is 1. The highest BCUT2D eigenvalue weighted by Gasteiger charge is 2.39. The molecule has 0 bridgehead atoms. The third-order valence-corrected chi connectivity index (χ3v) is 12.2. The van der Waals surface area contributed by atoms with Gasteiger partial charge < -0.3 is 25.1 Å². The molecule has 3 aliphatic heterocycles. The van der Waals surface area contributed by atoms with Crippen LogP contribution in [0.3, 0.4) is 0 Å². The molecule has 1 aromatic heterocycles. The van der Waals surface area contributed by atoms with E-state index in [1.807, 2.05) is 41.3 Å². The minimum absolute atomic E-state index is 0.00549. The van der Waals surface area contributed by atoms with Gasteiger partial charge in [-0.1, -0.05) is 80.3 Å². The van der Waals surface area contributed by atoms with E-state index in [4.69, 9.17) is 21.6 Å². The highest BCUT2D eigenvalue weighted by atomic mass is 35.5. The maximum atomic E-state index is 16.9. The summed E-state index contributed by atoms with van der Waals surface area (Å²) in [7, 11) is 0. The largest absolute Gasteiger partial charge is 0.508 e. The van der Waals surface area contributed by atoms with E-state index in [9.17, 15) is 24.3 Å². The number of hydrogen-bond acceptors (Lipinski definition) is 9. The number of nitrogens with zero attached hydrogens (tertiary/aromatic N) is 5. The molecule has 0 radical (unpaired) electrons. The van der Waals surface area contributed by atoms with Crippen LogP contribution >= 0.6 is 11.6 Å². The summed E-state index contributed by atoms with van der Waals surface area (Å²) in [4.78, 5) is 64.6. The number of piperidine rings is 1. The summed E-state index contributed by atoms with van der Waals surface area (Å²) >= 11 is 6.88. The Morgan fingerprint density at radius 3 is 2.48 bits per heavy atom. The first-order valence-corrected chi connectivity index (χ1v) is 21.1. The zero-order chi connectivity index (χ0) is 41.9. The van der Waals surface area contributed by atoms with Gasteiger partial charge in [-0.25, -0.2) is 9.37 Å². The quantitative estimate of drug-likeness (QED) is 0.0587. The van der Waals surface area contributed by atoms with Gasteiger partial charge in [0, 0.05) is 62.2 Å². The molecule has 4 aromatic carbocycles. The standard InChI is InChI=1S/C46H47ClFN7O5/c1-2-39(58)53-20-22-54(23-21-53)43-34-26-36(47)40(33-25-30(56)24-29-13-8-9-15-31(29)33)41(48)42(34)51-46(52-43)49-19-10-6-4-3-5-7-12-28-14-11-16-32-35(28)27-55(45(32)60)37-17-18-38(57)50-44(37)59/h2,8-9,11,13-16,24-26,37,56H,1,3-7,10,12,17-23,27H2,(H,49,51,52)(H,50,57,59). The molecule has 4 heterocycles. The molecule has 310 valence electrons. The van der Waals surface area contributed by atoms with Crippen LogP contribution in [0.25, 0.3) is 32.8 Å². The number of imide groups is 1. The van der Waals surface area contributed by atoms with E-state index in [1.54, 1.807) is 21.9 Å². The first-order valence-electron chi connectivity index (χ1n) is 20.7. The number of anilines is 2. The lowest BCUT2D eigenvalue weighted by atomic mass is 9.96. The number of hydrogen-bond donors (Lipinski definition) is 3. The number of rotatable bonds is 14. The highest BCUT2D eigenvalue weighted by Crippen LogP contribution is 2.42. The Hall–Kier alpha value is -6.08. The number of halogens is 2. The lowest BCUT2D eigenvalue weighted by molar-refractivity contribution is -0.137. The van der Waals surface area contributed by atoms with Crippen molar-refractivity contribution in [2.45, 2.75) is 70.4 Å². The summed E-state index contributed by atoms with van der Waals surface area (Å²) in [6.07, 6.45) is 8.63. The molecular weight excluding hydrogens is 785 g/mol. The van der Waals surface area contributed by atoms with E-state index >= 15 is 4.39 Å². The molecule has 1 atom stereocenters. The number of unbranched alkanes of at least 4 members (excludes halogenated alkanes) is 5. The Kier molecular flexibility index (Phi) is 12.0. The number of amides is 4. The minimum atomic E-state index is -0.624. The summed E-state index contributed by atoms with van der Waals surface area (Å²) in [5.41, 5.74) is 3.47. The van der Waals surface area contributed by atoms with E-state index in [-0.39, 0.29) is 46.0 Å². The van der Waals surface area contributed by atoms with Crippen LogP contribution in [0.2, 0.25) is 5.02 Å². The summed E-state index contributed by atoms with van der Waals surface area (Å²) < 4.78 is 16.9. The lowest BCUT2D eigenvalue weighted by Crippen LogP contribution is -2.52. The van der Waals surface area contributed by atoms with Crippen LogP contribution in [-0.2, 0) is 27.3 Å². The number of carbonyl (C=O) groups is 4. The number of phenols is 1. The predicted octanol–water partition coefficient (Wildman–Crippen LogP) is 7.54. The zero-order valence-electron chi connectivity index (χ0n) is 33.3. The van der Waals surface area contributed by atoms with Crippen LogP contribution in [0.15, 0.2) is 73.3 Å². The molecule has 2 fully saturated rings. The molecule has 0 spiro atoms. The molecule has 60 heavy (non-hydrogen) atoms. The smallest absolute Gasteiger partial charge is 0.255 e. The third-order valence-electron chi connectivity index (χ3n) is 11.9. The molecule has 2 saturated heterocycles. The molecule has 0 aliphatic carbocycles. The number of aromatic hydroxyl groups is 1. The van der Waals surface area contributed by atoms with Gasteiger partial charge in [0.1, 0.15) is 23.1 Å². The summed E-state index contributed by atoms with van der Waals surface area (Å²) in [6, 6.07) is 17.4. The van der Waals surface area contributed by atoms with Gasteiger partial charge >= 0.3 is 0 Å². The van der Waals surface area contributed by atoms with Gasteiger partial charge in [0.25, 0.3) is 5.91 Å². The maximum absolute atomic E-state index is 16.9. The fourth-order valence-electron chi connectivity index (χ4n) is 8.75. The van der Waals surface area contributed by atoms with Gasteiger partial charge in [-0.15, -0.1) is 0 Å². The van der Waals surface area contributed by atoms with Crippen molar-refractivity contribution in [2.24, 2.45) is 0 Å². The number of carbonyl (C=O) groups excluding carboxylic acids is 4. The van der Waals surface area contributed by atoms with Crippen molar-refractivity contribution in [3.05, 3.63) is 101 Å². The van der Waals surface area contributed by atoms with Crippen LogP contribution in [-0.4, -0.2) is 87.3 Å². The van der Waals surface area contributed by atoms with E-state index in [2.05, 4.69) is 23.3 Å². The minimum Gasteiger partial charge on any atom is -0.508 e. The second kappa shape index (κ2) is 17.6. The summed E-state index contributed by atoms with van der Waals surface area (Å²) in [6.45, 7) is 6.46. The predicted molar refractivity (Wildman–Crippen MR) is 230 cm³/mol. The van der Waals surface area contributed by atoms with E-state index < -0.39 is 17.8 Å². The van der Waals surface area contributed by atoms with Crippen molar-refractivity contribution in [2.75, 3.05) is 42.9 Å². The van der Waals surface area contributed by atoms with E-state index in [0.717, 1.165) is 66.8 Å². The SMILES string of the molecule is C=CC(=O)N1CCN(c2nc(NCCCCCCCCc3cccc4c3CN(C3CCC(=O)NC3=O)C4=O)nc3c(F)c(-c4cc(O)cc5ccccc45)c(Cl)cc23)CC1. The van der Waals surface area contributed by atoms with E-state index in [0.29, 0.717) is 74.0 Å². The number of benzene rings is 4. The zero-order valence-corrected chi connectivity index (χ0v) is 34.1. The topological polar surface area (TPSA) is 148 Å². The van der Waals surface area contributed by atoms with Gasteiger partial charge in [-0.05, 0) is 83.5 Å². The van der Waals surface area contributed by atoms with Gasteiger partial charge in [0.2, 0.25) is 23.7 Å². The van der Waals surface area contributed by atoms with Gasteiger partial charge in [-0.3, -0.25) is 24.5 Å². The number of aryl methyl sites for hydroxylation is 1. The Balaban J connectivity index is 0.905. The second-order valence-corrected chi connectivity index (χ2v) is 16.1. The summed E-state index contributed by atoms with van der Waals surface area (Å²) in [5, 5.41) is 18.4. The Bertz CT molecular complexity index is 2520. The monoisotopic (exact) mass is 831 g/mol. The number of nitrogens with one attached hydrogen (secondary N) is 2. The lowest BCUT2D eigenvalue weighted by Gasteiger charge is -2.35. The third kappa shape index (κ3) is 8.23.